The van der Waals surface area contributed by atoms with E-state index < -0.39 is 0 Å². The largest absolute Gasteiger partial charge is 1.00 e. The second kappa shape index (κ2) is 14.8. The van der Waals surface area contributed by atoms with Crippen LogP contribution in [0.3, 0.4) is 0 Å². The van der Waals surface area contributed by atoms with Crippen LogP contribution in [0.1, 0.15) is 39.5 Å². The fourth-order valence-corrected chi connectivity index (χ4v) is 1.38. The number of unbranched alkanes of at least 4 members (excludes halogenated alkanes) is 1. The van der Waals surface area contributed by atoms with Gasteiger partial charge in [0.05, 0.1) is 0 Å². The summed E-state index contributed by atoms with van der Waals surface area (Å²) in [5.41, 5.74) is 0. The van der Waals surface area contributed by atoms with Crippen LogP contribution in [0.25, 0.3) is 0 Å². The van der Waals surface area contributed by atoms with Gasteiger partial charge in [-0.25, -0.2) is 0 Å². The Hall–Kier alpha value is 1.25. The van der Waals surface area contributed by atoms with Crippen LogP contribution in [0.5, 0.6) is 0 Å². The summed E-state index contributed by atoms with van der Waals surface area (Å²) in [7, 11) is 0. The van der Waals surface area contributed by atoms with Crippen molar-refractivity contribution in [2.24, 2.45) is 5.92 Å². The van der Waals surface area contributed by atoms with Gasteiger partial charge >= 0.3 is 76.2 Å². The zero-order valence-corrected chi connectivity index (χ0v) is 10.9. The van der Waals surface area contributed by atoms with Gasteiger partial charge in [0.2, 0.25) is 0 Å². The SMILES string of the molecule is CCCCC(CC)C[O][Ti+2].[Cl-].[Cl-]. The zero-order chi connectivity index (χ0) is 7.82. The van der Waals surface area contributed by atoms with Crippen molar-refractivity contribution in [3.05, 3.63) is 0 Å². The number of hydrogen-bond donors (Lipinski definition) is 0. The second-order valence-electron chi connectivity index (χ2n) is 2.73. The summed E-state index contributed by atoms with van der Waals surface area (Å²) in [6.07, 6.45) is 5.25. The molecule has 0 amide bonds. The standard InChI is InChI=1S/C8H17O.2ClH.Ti/c1-3-5-6-8(4-2)7-9;;;/h8H,3-7H2,1-2H3;2*1H;/q-1;;;+3/p-2. The molecule has 0 aromatic heterocycles. The first-order chi connectivity index (χ1) is 4.85. The summed E-state index contributed by atoms with van der Waals surface area (Å²) >= 11 is 1.79. The molecule has 0 aliphatic carbocycles. The van der Waals surface area contributed by atoms with E-state index in [1.807, 2.05) is 0 Å². The maximum Gasteiger partial charge on any atom is -1.00 e. The van der Waals surface area contributed by atoms with Gasteiger partial charge in [-0.1, -0.05) is 0 Å². The summed E-state index contributed by atoms with van der Waals surface area (Å²) < 4.78 is 5.09. The van der Waals surface area contributed by atoms with Gasteiger partial charge in [-0.3, -0.25) is 0 Å². The molecule has 0 saturated heterocycles. The second-order valence-corrected chi connectivity index (χ2v) is 3.18. The van der Waals surface area contributed by atoms with Crippen molar-refractivity contribution in [3.63, 3.8) is 0 Å². The number of rotatable bonds is 6. The molecule has 0 rings (SSSR count). The molecule has 0 radical (unpaired) electrons. The molecule has 1 nitrogen and oxygen atoms in total. The zero-order valence-electron chi connectivity index (χ0n) is 7.78. The molecule has 0 saturated carbocycles. The third-order valence-corrected chi connectivity index (χ3v) is 2.12. The Morgan fingerprint density at radius 1 is 1.25 bits per heavy atom. The molecule has 0 aliphatic rings. The summed E-state index contributed by atoms with van der Waals surface area (Å²) in [6, 6.07) is 0. The Balaban J connectivity index is -0.000000405. The predicted octanol–water partition coefficient (Wildman–Crippen LogP) is -3.31. The average Bonchev–Trinajstić information content (AvgIpc) is 1.98. The van der Waals surface area contributed by atoms with E-state index in [9.17, 15) is 0 Å². The first-order valence-electron chi connectivity index (χ1n) is 4.13. The quantitative estimate of drug-likeness (QED) is 0.447. The first-order valence-corrected chi connectivity index (χ1v) is 4.77. The predicted molar refractivity (Wildman–Crippen MR) is 39.3 cm³/mol. The van der Waals surface area contributed by atoms with Crippen LogP contribution >= 0.6 is 0 Å². The Labute approximate surface area is 101 Å². The van der Waals surface area contributed by atoms with E-state index in [0.717, 1.165) is 12.5 Å². The third-order valence-electron chi connectivity index (χ3n) is 1.86. The molecule has 1 atom stereocenters. The van der Waals surface area contributed by atoms with Crippen molar-refractivity contribution in [2.45, 2.75) is 39.5 Å². The number of halogens is 2. The molecule has 1 unspecified atom stereocenters. The summed E-state index contributed by atoms with van der Waals surface area (Å²) in [4.78, 5) is 0. The molecular formula is C8H17Cl2OTi. The van der Waals surface area contributed by atoms with Crippen LogP contribution < -0.4 is 24.8 Å². The topological polar surface area (TPSA) is 9.23 Å². The smallest absolute Gasteiger partial charge is 1.00 e. The molecular weight excluding hydrogens is 231 g/mol. The maximum absolute atomic E-state index is 5.09. The van der Waals surface area contributed by atoms with Gasteiger partial charge in [0.15, 0.2) is 0 Å². The van der Waals surface area contributed by atoms with Crippen molar-refractivity contribution < 1.29 is 49.0 Å². The van der Waals surface area contributed by atoms with Crippen molar-refractivity contribution >= 4 is 0 Å². The minimum atomic E-state index is 0. The molecule has 0 aliphatic heterocycles. The molecule has 73 valence electrons. The Morgan fingerprint density at radius 3 is 2.17 bits per heavy atom. The average molecular weight is 248 g/mol. The van der Waals surface area contributed by atoms with E-state index in [1.165, 1.54) is 25.7 Å². The van der Waals surface area contributed by atoms with E-state index in [4.69, 9.17) is 3.32 Å². The number of hydrogen-bond acceptors (Lipinski definition) is 1. The van der Waals surface area contributed by atoms with Crippen molar-refractivity contribution in [2.75, 3.05) is 6.61 Å². The summed E-state index contributed by atoms with van der Waals surface area (Å²) in [5, 5.41) is 0. The monoisotopic (exact) mass is 247 g/mol. The molecule has 0 heterocycles. The van der Waals surface area contributed by atoms with Crippen LogP contribution in [-0.4, -0.2) is 6.61 Å². The molecule has 0 fully saturated rings. The van der Waals surface area contributed by atoms with E-state index in [-0.39, 0.29) is 24.8 Å². The fraction of sp³-hybridized carbons (Fsp3) is 1.00. The molecule has 12 heavy (non-hydrogen) atoms. The minimum absolute atomic E-state index is 0. The minimum Gasteiger partial charge on any atom is -1.00 e. The van der Waals surface area contributed by atoms with E-state index in [2.05, 4.69) is 13.8 Å². The summed E-state index contributed by atoms with van der Waals surface area (Å²) in [5.74, 6) is 0.796. The van der Waals surface area contributed by atoms with Gasteiger partial charge in [0.25, 0.3) is 0 Å². The van der Waals surface area contributed by atoms with E-state index >= 15 is 0 Å². The van der Waals surface area contributed by atoms with Crippen LogP contribution in [-0.2, 0) is 24.1 Å². The van der Waals surface area contributed by atoms with Crippen LogP contribution in [0, 0.1) is 5.92 Å². The van der Waals surface area contributed by atoms with Gasteiger partial charge in [-0.2, -0.15) is 0 Å². The molecule has 0 aromatic carbocycles. The Kier molecular flexibility index (Phi) is 23.3. The van der Waals surface area contributed by atoms with Gasteiger partial charge in [0.1, 0.15) is 0 Å². The van der Waals surface area contributed by atoms with Crippen molar-refractivity contribution in [1.29, 1.82) is 0 Å². The molecule has 0 N–H and O–H groups in total. The van der Waals surface area contributed by atoms with E-state index in [1.54, 1.807) is 20.8 Å². The van der Waals surface area contributed by atoms with Crippen LogP contribution in [0.2, 0.25) is 0 Å². The summed E-state index contributed by atoms with van der Waals surface area (Å²) in [6.45, 7) is 5.41. The Morgan fingerprint density at radius 2 is 1.83 bits per heavy atom. The first kappa shape index (κ1) is 18.9. The van der Waals surface area contributed by atoms with Crippen molar-refractivity contribution in [1.82, 2.24) is 0 Å². The van der Waals surface area contributed by atoms with Gasteiger partial charge in [-0.15, -0.1) is 0 Å². The van der Waals surface area contributed by atoms with E-state index in [0.29, 0.717) is 0 Å². The fourth-order valence-electron chi connectivity index (χ4n) is 1.02. The van der Waals surface area contributed by atoms with Gasteiger partial charge in [0, 0.05) is 0 Å². The van der Waals surface area contributed by atoms with Gasteiger partial charge < -0.3 is 24.8 Å². The maximum atomic E-state index is 5.09. The molecule has 0 aromatic rings. The molecule has 4 heteroatoms. The third kappa shape index (κ3) is 11.3. The normalized spacial score (nSPS) is 11.3. The van der Waals surface area contributed by atoms with Gasteiger partial charge in [-0.05, 0) is 0 Å². The Bertz CT molecular complexity index is 74.1. The van der Waals surface area contributed by atoms with Crippen LogP contribution in [0.4, 0.5) is 0 Å². The van der Waals surface area contributed by atoms with Crippen molar-refractivity contribution in [3.8, 4) is 0 Å². The van der Waals surface area contributed by atoms with Crippen LogP contribution in [0.15, 0.2) is 0 Å². The molecule has 0 bridgehead atoms. The molecule has 0 spiro atoms.